The Bertz CT molecular complexity index is 842. The largest absolute Gasteiger partial charge is 0.493 e. The van der Waals surface area contributed by atoms with E-state index in [2.05, 4.69) is 15.0 Å². The average Bonchev–Trinajstić information content (AvgIpc) is 2.61. The number of aromatic carboxylic acids is 1. The number of ether oxygens (including phenoxy) is 2. The molecule has 0 aliphatic carbocycles. The van der Waals surface area contributed by atoms with Crippen molar-refractivity contribution in [2.75, 3.05) is 13.7 Å². The van der Waals surface area contributed by atoms with E-state index >= 15 is 0 Å². The highest BCUT2D eigenvalue weighted by atomic mass is 19.3. The topological polar surface area (TPSA) is 97.8 Å². The third kappa shape index (κ3) is 5.37. The molecule has 0 atom stereocenters. The number of benzene rings is 1. The lowest BCUT2D eigenvalue weighted by Gasteiger charge is -2.12. The molecule has 1 amide bonds. The molecule has 1 aromatic heterocycles. The first-order valence-electron chi connectivity index (χ1n) is 7.92. The maximum absolute atomic E-state index is 12.4. The van der Waals surface area contributed by atoms with Crippen LogP contribution in [0.2, 0.25) is 0 Å². The molecule has 1 heterocycles. The van der Waals surface area contributed by atoms with Crippen LogP contribution in [0.25, 0.3) is 0 Å². The second-order valence-corrected chi connectivity index (χ2v) is 5.50. The molecule has 0 aliphatic rings. The predicted octanol–water partition coefficient (Wildman–Crippen LogP) is 2.67. The fourth-order valence-electron chi connectivity index (χ4n) is 2.39. The van der Waals surface area contributed by atoms with Gasteiger partial charge in [0.1, 0.15) is 5.69 Å². The van der Waals surface area contributed by atoms with E-state index in [1.54, 1.807) is 6.07 Å². The molecular formula is C18H18F2N2O5. The molecule has 7 nitrogen and oxygen atoms in total. The predicted molar refractivity (Wildman–Crippen MR) is 91.6 cm³/mol. The number of rotatable bonds is 8. The second kappa shape index (κ2) is 8.93. The smallest absolute Gasteiger partial charge is 0.387 e. The molecule has 0 saturated carbocycles. The Morgan fingerprint density at radius 1 is 1.22 bits per heavy atom. The Balaban J connectivity index is 1.98. The summed E-state index contributed by atoms with van der Waals surface area (Å²) in [6.45, 7) is -1.25. The van der Waals surface area contributed by atoms with Crippen molar-refractivity contribution in [3.05, 3.63) is 52.8 Å². The van der Waals surface area contributed by atoms with Crippen LogP contribution in [-0.4, -0.2) is 42.2 Å². The van der Waals surface area contributed by atoms with Gasteiger partial charge in [0, 0.05) is 6.54 Å². The van der Waals surface area contributed by atoms with Crippen LogP contribution < -0.4 is 14.8 Å². The van der Waals surface area contributed by atoms with E-state index in [1.807, 2.05) is 0 Å². The molecule has 2 rings (SSSR count). The average molecular weight is 380 g/mol. The fraction of sp³-hybridized carbons (Fsp3) is 0.278. The van der Waals surface area contributed by atoms with Crippen LogP contribution in [0.4, 0.5) is 8.78 Å². The molecule has 2 aromatic rings. The van der Waals surface area contributed by atoms with Gasteiger partial charge in [0.15, 0.2) is 11.5 Å². The highest BCUT2D eigenvalue weighted by Crippen LogP contribution is 2.29. The maximum Gasteiger partial charge on any atom is 0.387 e. The number of nitrogens with one attached hydrogen (secondary N) is 1. The van der Waals surface area contributed by atoms with E-state index in [4.69, 9.17) is 9.84 Å². The summed E-state index contributed by atoms with van der Waals surface area (Å²) in [6, 6.07) is 7.24. The number of halogens is 2. The Morgan fingerprint density at radius 3 is 2.56 bits per heavy atom. The molecule has 0 aliphatic heterocycles. The number of carboxylic acids is 1. The quantitative estimate of drug-likeness (QED) is 0.731. The van der Waals surface area contributed by atoms with Gasteiger partial charge in [-0.3, -0.25) is 4.79 Å². The molecule has 2 N–H and O–H groups in total. The van der Waals surface area contributed by atoms with Gasteiger partial charge in [-0.25, -0.2) is 9.78 Å². The number of alkyl halides is 2. The first-order chi connectivity index (χ1) is 12.8. The Hall–Kier alpha value is -3.23. The lowest BCUT2D eigenvalue weighted by Crippen LogP contribution is -2.27. The minimum Gasteiger partial charge on any atom is -0.493 e. The minimum absolute atomic E-state index is 0.0244. The highest BCUT2D eigenvalue weighted by Gasteiger charge is 2.14. The summed E-state index contributed by atoms with van der Waals surface area (Å²) in [5, 5.41) is 11.6. The highest BCUT2D eigenvalue weighted by molar-refractivity contribution is 5.94. The minimum atomic E-state index is -2.98. The van der Waals surface area contributed by atoms with Crippen molar-refractivity contribution >= 4 is 11.9 Å². The van der Waals surface area contributed by atoms with Crippen LogP contribution >= 0.6 is 0 Å². The number of aromatic nitrogens is 1. The number of hydrogen-bond donors (Lipinski definition) is 2. The van der Waals surface area contributed by atoms with Gasteiger partial charge in [-0.1, -0.05) is 6.07 Å². The van der Waals surface area contributed by atoms with Gasteiger partial charge in [0.25, 0.3) is 5.91 Å². The van der Waals surface area contributed by atoms with Gasteiger partial charge in [-0.05, 0) is 43.2 Å². The van der Waals surface area contributed by atoms with E-state index in [0.29, 0.717) is 12.0 Å². The van der Waals surface area contributed by atoms with Crippen molar-refractivity contribution in [2.24, 2.45) is 0 Å². The van der Waals surface area contributed by atoms with Gasteiger partial charge < -0.3 is 19.9 Å². The molecule has 27 heavy (non-hydrogen) atoms. The summed E-state index contributed by atoms with van der Waals surface area (Å²) in [5.74, 6) is -1.49. The lowest BCUT2D eigenvalue weighted by atomic mass is 10.1. The monoisotopic (exact) mass is 380 g/mol. The van der Waals surface area contributed by atoms with Crippen molar-refractivity contribution in [3.63, 3.8) is 0 Å². The normalized spacial score (nSPS) is 10.6. The Kier molecular flexibility index (Phi) is 6.64. The number of hydrogen-bond acceptors (Lipinski definition) is 5. The molecule has 0 bridgehead atoms. The number of carbonyl (C=O) groups excluding carboxylic acids is 1. The van der Waals surface area contributed by atoms with Crippen molar-refractivity contribution in [2.45, 2.75) is 20.0 Å². The summed E-state index contributed by atoms with van der Waals surface area (Å²) in [4.78, 5) is 27.1. The molecule has 1 aromatic carbocycles. The maximum atomic E-state index is 12.4. The Morgan fingerprint density at radius 2 is 1.96 bits per heavy atom. The van der Waals surface area contributed by atoms with Crippen molar-refractivity contribution in [1.82, 2.24) is 10.3 Å². The number of carbonyl (C=O) groups is 2. The van der Waals surface area contributed by atoms with Crippen LogP contribution in [0.5, 0.6) is 11.5 Å². The summed E-state index contributed by atoms with van der Waals surface area (Å²) in [5.41, 5.74) is 1.02. The van der Waals surface area contributed by atoms with Gasteiger partial charge in [0.2, 0.25) is 0 Å². The summed E-state index contributed by atoms with van der Waals surface area (Å²) in [6.07, 6.45) is 0.363. The van der Waals surface area contributed by atoms with E-state index in [1.165, 1.54) is 38.3 Å². The molecule has 0 saturated heterocycles. The molecule has 144 valence electrons. The third-order valence-corrected chi connectivity index (χ3v) is 3.69. The fourth-order valence-corrected chi connectivity index (χ4v) is 2.39. The Labute approximate surface area is 153 Å². The van der Waals surface area contributed by atoms with E-state index < -0.39 is 18.5 Å². The standard InChI is InChI=1S/C18H18F2N2O5/c1-10-12(17(24)25)4-5-13(22-10)16(23)21-8-7-11-3-6-14(26-2)15(9-11)27-18(19)20/h3-6,9,18H,7-8H2,1-2H3,(H,21,23)(H,24,25). The number of amides is 1. The zero-order valence-electron chi connectivity index (χ0n) is 14.7. The lowest BCUT2D eigenvalue weighted by molar-refractivity contribution is -0.0512. The summed E-state index contributed by atoms with van der Waals surface area (Å²) in [7, 11) is 1.35. The van der Waals surface area contributed by atoms with Crippen LogP contribution in [0.1, 0.15) is 32.1 Å². The van der Waals surface area contributed by atoms with E-state index in [9.17, 15) is 18.4 Å². The van der Waals surface area contributed by atoms with Crippen molar-refractivity contribution in [3.8, 4) is 11.5 Å². The molecule has 0 fully saturated rings. The second-order valence-electron chi connectivity index (χ2n) is 5.50. The van der Waals surface area contributed by atoms with Gasteiger partial charge in [0.05, 0.1) is 18.4 Å². The number of pyridine rings is 1. The first-order valence-corrected chi connectivity index (χ1v) is 7.92. The van der Waals surface area contributed by atoms with Gasteiger partial charge in [-0.15, -0.1) is 0 Å². The van der Waals surface area contributed by atoms with Gasteiger partial charge >= 0.3 is 12.6 Å². The molecule has 0 radical (unpaired) electrons. The number of aryl methyl sites for hydroxylation is 1. The van der Waals surface area contributed by atoms with Crippen LogP contribution in [0.15, 0.2) is 30.3 Å². The zero-order chi connectivity index (χ0) is 20.0. The number of carboxylic acid groups (broad SMARTS) is 1. The first kappa shape index (κ1) is 20.1. The SMILES string of the molecule is COc1ccc(CCNC(=O)c2ccc(C(=O)O)c(C)n2)cc1OC(F)F. The van der Waals surface area contributed by atoms with E-state index in [-0.39, 0.29) is 35.0 Å². The molecule has 0 spiro atoms. The zero-order valence-corrected chi connectivity index (χ0v) is 14.7. The summed E-state index contributed by atoms with van der Waals surface area (Å²) >= 11 is 0. The summed E-state index contributed by atoms with van der Waals surface area (Å²) < 4.78 is 34.3. The third-order valence-electron chi connectivity index (χ3n) is 3.69. The molecule has 0 unspecified atom stereocenters. The molecular weight excluding hydrogens is 362 g/mol. The number of nitrogens with zero attached hydrogens (tertiary/aromatic N) is 1. The van der Waals surface area contributed by atoms with Crippen LogP contribution in [-0.2, 0) is 6.42 Å². The molecule has 9 heteroatoms. The van der Waals surface area contributed by atoms with Crippen molar-refractivity contribution < 1.29 is 33.0 Å². The van der Waals surface area contributed by atoms with Crippen LogP contribution in [0.3, 0.4) is 0 Å². The van der Waals surface area contributed by atoms with Gasteiger partial charge in [-0.2, -0.15) is 8.78 Å². The number of methoxy groups -OCH3 is 1. The van der Waals surface area contributed by atoms with Crippen molar-refractivity contribution in [1.29, 1.82) is 0 Å². The van der Waals surface area contributed by atoms with Crippen LogP contribution in [0, 0.1) is 6.92 Å². The van der Waals surface area contributed by atoms with E-state index in [0.717, 1.165) is 0 Å².